The van der Waals surface area contributed by atoms with E-state index in [0.717, 1.165) is 24.9 Å². The zero-order valence-corrected chi connectivity index (χ0v) is 21.2. The summed E-state index contributed by atoms with van der Waals surface area (Å²) in [6.07, 6.45) is 1.74. The van der Waals surface area contributed by atoms with Gasteiger partial charge in [-0.2, -0.15) is 9.29 Å². The SMILES string of the molecule is Cc1ccc(-c2noc(CN3CCCC(C(=O)N4CCN(S(=O)(=O)c5ccccc5)CC4)C3)n2)cc1. The predicted molar refractivity (Wildman–Crippen MR) is 134 cm³/mol. The first kappa shape index (κ1) is 24.6. The lowest BCUT2D eigenvalue weighted by Crippen LogP contribution is -2.53. The van der Waals surface area contributed by atoms with Crippen LogP contribution in [0.4, 0.5) is 0 Å². The van der Waals surface area contributed by atoms with Crippen molar-refractivity contribution in [2.75, 3.05) is 39.3 Å². The summed E-state index contributed by atoms with van der Waals surface area (Å²) in [7, 11) is -3.54. The minimum Gasteiger partial charge on any atom is -0.340 e. The number of amides is 1. The van der Waals surface area contributed by atoms with Crippen LogP contribution in [-0.2, 0) is 21.4 Å². The molecule has 2 fully saturated rings. The summed E-state index contributed by atoms with van der Waals surface area (Å²) < 4.78 is 32.7. The van der Waals surface area contributed by atoms with Crippen LogP contribution < -0.4 is 0 Å². The molecule has 0 N–H and O–H groups in total. The minimum absolute atomic E-state index is 0.0994. The average molecular weight is 510 g/mol. The number of carbonyl (C=O) groups is 1. The van der Waals surface area contributed by atoms with Crippen LogP contribution in [0.1, 0.15) is 24.3 Å². The van der Waals surface area contributed by atoms with E-state index in [4.69, 9.17) is 4.52 Å². The smallest absolute Gasteiger partial charge is 0.243 e. The van der Waals surface area contributed by atoms with Crippen molar-refractivity contribution in [3.63, 3.8) is 0 Å². The highest BCUT2D eigenvalue weighted by Gasteiger charge is 2.34. The van der Waals surface area contributed by atoms with Gasteiger partial charge in [-0.3, -0.25) is 9.69 Å². The standard InChI is InChI=1S/C26H31N5O4S/c1-20-9-11-21(12-10-20)25-27-24(35-28-25)19-29-13-5-6-22(18-29)26(32)30-14-16-31(17-15-30)36(33,34)23-7-3-2-4-8-23/h2-4,7-12,22H,5-6,13-19H2,1H3. The van der Waals surface area contributed by atoms with Crippen LogP contribution in [-0.4, -0.2) is 77.8 Å². The van der Waals surface area contributed by atoms with E-state index >= 15 is 0 Å². The van der Waals surface area contributed by atoms with Gasteiger partial charge in [0.25, 0.3) is 0 Å². The van der Waals surface area contributed by atoms with Gasteiger partial charge in [0.05, 0.1) is 17.4 Å². The number of hydrogen-bond donors (Lipinski definition) is 0. The molecule has 0 bridgehead atoms. The van der Waals surface area contributed by atoms with Crippen LogP contribution in [0.5, 0.6) is 0 Å². The minimum atomic E-state index is -3.54. The second kappa shape index (κ2) is 10.5. The van der Waals surface area contributed by atoms with E-state index in [2.05, 4.69) is 15.0 Å². The molecule has 0 aliphatic carbocycles. The monoisotopic (exact) mass is 509 g/mol. The molecule has 3 heterocycles. The molecule has 1 amide bonds. The van der Waals surface area contributed by atoms with Crippen LogP contribution in [0.2, 0.25) is 0 Å². The lowest BCUT2D eigenvalue weighted by molar-refractivity contribution is -0.138. The van der Waals surface area contributed by atoms with Gasteiger partial charge in [-0.15, -0.1) is 0 Å². The van der Waals surface area contributed by atoms with Gasteiger partial charge in [0, 0.05) is 38.3 Å². The maximum Gasteiger partial charge on any atom is 0.243 e. The molecule has 3 aromatic rings. The maximum atomic E-state index is 13.3. The Morgan fingerprint density at radius 1 is 1.00 bits per heavy atom. The number of carbonyl (C=O) groups excluding carboxylic acids is 1. The van der Waals surface area contributed by atoms with Crippen molar-refractivity contribution in [3.8, 4) is 11.4 Å². The number of aromatic nitrogens is 2. The highest BCUT2D eigenvalue weighted by atomic mass is 32.2. The summed E-state index contributed by atoms with van der Waals surface area (Å²) in [4.78, 5) is 22.1. The van der Waals surface area contributed by atoms with Crippen LogP contribution in [0, 0.1) is 12.8 Å². The molecule has 0 spiro atoms. The van der Waals surface area contributed by atoms with Crippen LogP contribution in [0.15, 0.2) is 64.0 Å². The summed E-state index contributed by atoms with van der Waals surface area (Å²) >= 11 is 0. The zero-order chi connectivity index (χ0) is 25.1. The number of aryl methyl sites for hydroxylation is 1. The number of piperidine rings is 1. The molecular weight excluding hydrogens is 478 g/mol. The largest absolute Gasteiger partial charge is 0.340 e. The Kier molecular flexibility index (Phi) is 7.17. The number of likely N-dealkylation sites (tertiary alicyclic amines) is 1. The Hall–Kier alpha value is -3.08. The third-order valence-corrected chi connectivity index (χ3v) is 8.84. The molecule has 36 heavy (non-hydrogen) atoms. The second-order valence-corrected chi connectivity index (χ2v) is 11.4. The highest BCUT2D eigenvalue weighted by Crippen LogP contribution is 2.24. The molecular formula is C26H31N5O4S. The maximum absolute atomic E-state index is 13.3. The van der Waals surface area contributed by atoms with E-state index < -0.39 is 10.0 Å². The number of rotatable bonds is 6. The van der Waals surface area contributed by atoms with Crippen molar-refractivity contribution >= 4 is 15.9 Å². The molecule has 190 valence electrons. The summed E-state index contributed by atoms with van der Waals surface area (Å²) in [5, 5.41) is 4.12. The molecule has 9 nitrogen and oxygen atoms in total. The summed E-state index contributed by atoms with van der Waals surface area (Å²) in [6.45, 7) is 5.47. The van der Waals surface area contributed by atoms with Gasteiger partial charge in [0.1, 0.15) is 0 Å². The van der Waals surface area contributed by atoms with Crippen LogP contribution >= 0.6 is 0 Å². The van der Waals surface area contributed by atoms with E-state index in [9.17, 15) is 13.2 Å². The highest BCUT2D eigenvalue weighted by molar-refractivity contribution is 7.89. The van der Waals surface area contributed by atoms with Gasteiger partial charge in [-0.1, -0.05) is 53.2 Å². The van der Waals surface area contributed by atoms with Gasteiger partial charge < -0.3 is 9.42 Å². The van der Waals surface area contributed by atoms with Gasteiger partial charge in [0.2, 0.25) is 27.6 Å². The van der Waals surface area contributed by atoms with Gasteiger partial charge in [-0.25, -0.2) is 8.42 Å². The van der Waals surface area contributed by atoms with Crippen molar-refractivity contribution in [2.45, 2.75) is 31.2 Å². The molecule has 10 heteroatoms. The fourth-order valence-electron chi connectivity index (χ4n) is 4.88. The Labute approximate surface area is 211 Å². The molecule has 1 atom stereocenters. The van der Waals surface area contributed by atoms with E-state index in [-0.39, 0.29) is 11.8 Å². The first-order valence-corrected chi connectivity index (χ1v) is 13.8. The van der Waals surface area contributed by atoms with Crippen LogP contribution in [0.3, 0.4) is 0 Å². The van der Waals surface area contributed by atoms with Crippen LogP contribution in [0.25, 0.3) is 11.4 Å². The zero-order valence-electron chi connectivity index (χ0n) is 20.4. The normalized spacial score (nSPS) is 19.9. The van der Waals surface area contributed by atoms with Gasteiger partial charge in [-0.05, 0) is 38.4 Å². The third-order valence-electron chi connectivity index (χ3n) is 6.92. The molecule has 2 aromatic carbocycles. The molecule has 2 saturated heterocycles. The van der Waals surface area contributed by atoms with Crippen molar-refractivity contribution < 1.29 is 17.7 Å². The lowest BCUT2D eigenvalue weighted by atomic mass is 9.96. The van der Waals surface area contributed by atoms with E-state index in [1.54, 1.807) is 30.3 Å². The number of hydrogen-bond acceptors (Lipinski definition) is 7. The predicted octanol–water partition coefficient (Wildman–Crippen LogP) is 2.79. The first-order chi connectivity index (χ1) is 17.4. The number of nitrogens with zero attached hydrogens (tertiary/aromatic N) is 5. The topological polar surface area (TPSA) is 99.9 Å². The number of sulfonamides is 1. The first-order valence-electron chi connectivity index (χ1n) is 12.4. The summed E-state index contributed by atoms with van der Waals surface area (Å²) in [5.74, 6) is 1.09. The van der Waals surface area contributed by atoms with Crippen molar-refractivity contribution in [1.29, 1.82) is 0 Å². The Bertz CT molecular complexity index is 1290. The van der Waals surface area contributed by atoms with E-state index in [0.29, 0.717) is 55.9 Å². The van der Waals surface area contributed by atoms with Crippen molar-refractivity contribution in [3.05, 3.63) is 66.1 Å². The molecule has 1 aromatic heterocycles. The molecule has 2 aliphatic heterocycles. The lowest BCUT2D eigenvalue weighted by Gasteiger charge is -2.38. The fourth-order valence-corrected chi connectivity index (χ4v) is 6.32. The number of piperazine rings is 1. The second-order valence-electron chi connectivity index (χ2n) is 9.49. The third kappa shape index (κ3) is 5.35. The van der Waals surface area contributed by atoms with Crippen molar-refractivity contribution in [2.24, 2.45) is 5.92 Å². The molecule has 0 radical (unpaired) electrons. The molecule has 1 unspecified atom stereocenters. The molecule has 0 saturated carbocycles. The van der Waals surface area contributed by atoms with E-state index in [1.165, 1.54) is 9.87 Å². The molecule has 5 rings (SSSR count). The summed E-state index contributed by atoms with van der Waals surface area (Å²) in [5.41, 5.74) is 2.08. The van der Waals surface area contributed by atoms with Gasteiger partial charge >= 0.3 is 0 Å². The summed E-state index contributed by atoms with van der Waals surface area (Å²) in [6, 6.07) is 16.4. The Morgan fingerprint density at radius 3 is 2.44 bits per heavy atom. The van der Waals surface area contributed by atoms with Gasteiger partial charge in [0.15, 0.2) is 0 Å². The van der Waals surface area contributed by atoms with Crippen molar-refractivity contribution in [1.82, 2.24) is 24.2 Å². The average Bonchev–Trinajstić information content (AvgIpc) is 3.38. The van der Waals surface area contributed by atoms with E-state index in [1.807, 2.05) is 36.1 Å². The molecule has 2 aliphatic rings. The fraction of sp³-hybridized carbons (Fsp3) is 0.423. The Morgan fingerprint density at radius 2 is 1.72 bits per heavy atom. The number of benzene rings is 2. The Balaban J connectivity index is 1.15. The quantitative estimate of drug-likeness (QED) is 0.504.